The molecule has 1 aromatic carbocycles. The van der Waals surface area contributed by atoms with Crippen LogP contribution in [0.4, 0.5) is 0 Å². The van der Waals surface area contributed by atoms with E-state index in [1.165, 1.54) is 12.8 Å². The second-order valence-corrected chi connectivity index (χ2v) is 5.46. The highest BCUT2D eigenvalue weighted by atomic mass is 79.9. The van der Waals surface area contributed by atoms with Gasteiger partial charge < -0.3 is 5.32 Å². The molecule has 16 heavy (non-hydrogen) atoms. The zero-order chi connectivity index (χ0) is 11.6. The molecule has 1 N–H and O–H groups in total. The lowest BCUT2D eigenvalue weighted by atomic mass is 10.0. The van der Waals surface area contributed by atoms with Crippen molar-refractivity contribution >= 4 is 21.8 Å². The second kappa shape index (κ2) is 4.58. The summed E-state index contributed by atoms with van der Waals surface area (Å²) in [6.07, 6.45) is 3.67. The predicted molar refractivity (Wildman–Crippen MR) is 68.4 cm³/mol. The first-order valence-corrected chi connectivity index (χ1v) is 6.48. The van der Waals surface area contributed by atoms with Crippen molar-refractivity contribution < 1.29 is 4.79 Å². The van der Waals surface area contributed by atoms with Gasteiger partial charge in [0.15, 0.2) is 0 Å². The fourth-order valence-electron chi connectivity index (χ4n) is 1.80. The number of hydrogen-bond acceptors (Lipinski definition) is 1. The molecule has 0 spiro atoms. The van der Waals surface area contributed by atoms with E-state index in [1.54, 1.807) is 0 Å². The molecule has 2 rings (SSSR count). The lowest BCUT2D eigenvalue weighted by molar-refractivity contribution is 0.0944. The summed E-state index contributed by atoms with van der Waals surface area (Å²) in [6, 6.07) is 7.46. The fourth-order valence-corrected chi connectivity index (χ4v) is 2.07. The maximum absolute atomic E-state index is 11.8. The van der Waals surface area contributed by atoms with Crippen molar-refractivity contribution in [2.45, 2.75) is 26.2 Å². The Morgan fingerprint density at radius 1 is 1.38 bits per heavy atom. The molecular formula is C13H16BrNO. The molecule has 0 unspecified atom stereocenters. The smallest absolute Gasteiger partial charge is 0.251 e. The molecular weight excluding hydrogens is 266 g/mol. The van der Waals surface area contributed by atoms with E-state index in [0.29, 0.717) is 5.41 Å². The van der Waals surface area contributed by atoms with Crippen LogP contribution < -0.4 is 5.32 Å². The van der Waals surface area contributed by atoms with E-state index >= 15 is 0 Å². The average molecular weight is 282 g/mol. The lowest BCUT2D eigenvalue weighted by Gasteiger charge is -2.13. The maximum Gasteiger partial charge on any atom is 0.251 e. The number of carbonyl (C=O) groups is 1. The Balaban J connectivity index is 1.91. The van der Waals surface area contributed by atoms with Crippen LogP contribution in [-0.4, -0.2) is 12.5 Å². The highest BCUT2D eigenvalue weighted by Crippen LogP contribution is 2.47. The lowest BCUT2D eigenvalue weighted by Crippen LogP contribution is -2.29. The van der Waals surface area contributed by atoms with E-state index in [0.717, 1.165) is 23.0 Å². The van der Waals surface area contributed by atoms with Gasteiger partial charge in [-0.3, -0.25) is 4.79 Å². The van der Waals surface area contributed by atoms with Crippen LogP contribution in [0.1, 0.15) is 36.5 Å². The Morgan fingerprint density at radius 3 is 2.50 bits per heavy atom. The largest absolute Gasteiger partial charge is 0.351 e. The van der Waals surface area contributed by atoms with E-state index in [4.69, 9.17) is 0 Å². The van der Waals surface area contributed by atoms with Gasteiger partial charge in [0.2, 0.25) is 0 Å². The summed E-state index contributed by atoms with van der Waals surface area (Å²) in [5, 5.41) is 3.02. The van der Waals surface area contributed by atoms with Gasteiger partial charge in [-0.15, -0.1) is 0 Å². The number of carbonyl (C=O) groups excluding carboxylic acids is 1. The average Bonchev–Trinajstić information content (AvgIpc) is 3.08. The van der Waals surface area contributed by atoms with Crippen LogP contribution in [0.3, 0.4) is 0 Å². The Kier molecular flexibility index (Phi) is 3.33. The van der Waals surface area contributed by atoms with Gasteiger partial charge in [-0.05, 0) is 48.9 Å². The fraction of sp³-hybridized carbons (Fsp3) is 0.462. The first-order chi connectivity index (χ1) is 7.65. The molecule has 1 fully saturated rings. The molecule has 1 aliphatic carbocycles. The van der Waals surface area contributed by atoms with Crippen molar-refractivity contribution in [2.75, 3.05) is 6.54 Å². The van der Waals surface area contributed by atoms with Gasteiger partial charge in [0.05, 0.1) is 0 Å². The van der Waals surface area contributed by atoms with Crippen molar-refractivity contribution in [1.82, 2.24) is 5.32 Å². The summed E-state index contributed by atoms with van der Waals surface area (Å²) in [5.74, 6) is 0.0345. The van der Waals surface area contributed by atoms with Crippen molar-refractivity contribution in [3.8, 4) is 0 Å². The monoisotopic (exact) mass is 281 g/mol. The minimum absolute atomic E-state index is 0.0345. The molecule has 0 aromatic heterocycles. The molecule has 1 amide bonds. The maximum atomic E-state index is 11.8. The summed E-state index contributed by atoms with van der Waals surface area (Å²) >= 11 is 3.35. The summed E-state index contributed by atoms with van der Waals surface area (Å²) in [7, 11) is 0. The van der Waals surface area contributed by atoms with Crippen LogP contribution in [0.25, 0.3) is 0 Å². The third kappa shape index (κ3) is 2.64. The van der Waals surface area contributed by atoms with Gasteiger partial charge in [-0.2, -0.15) is 0 Å². The van der Waals surface area contributed by atoms with Crippen molar-refractivity contribution in [3.63, 3.8) is 0 Å². The molecule has 86 valence electrons. The van der Waals surface area contributed by atoms with Gasteiger partial charge >= 0.3 is 0 Å². The molecule has 0 aliphatic heterocycles. The van der Waals surface area contributed by atoms with Gasteiger partial charge in [0.25, 0.3) is 5.91 Å². The molecule has 2 nitrogen and oxygen atoms in total. The van der Waals surface area contributed by atoms with Gasteiger partial charge in [0.1, 0.15) is 0 Å². The van der Waals surface area contributed by atoms with E-state index in [9.17, 15) is 4.79 Å². The van der Waals surface area contributed by atoms with Crippen LogP contribution in [0.15, 0.2) is 28.7 Å². The number of nitrogens with one attached hydrogen (secondary N) is 1. The zero-order valence-electron chi connectivity index (χ0n) is 9.42. The highest BCUT2D eigenvalue weighted by molar-refractivity contribution is 9.10. The molecule has 0 saturated heterocycles. The molecule has 3 heteroatoms. The third-order valence-corrected chi connectivity index (χ3v) is 3.97. The normalized spacial score (nSPS) is 16.9. The summed E-state index contributed by atoms with van der Waals surface area (Å²) < 4.78 is 0.997. The molecule has 1 aliphatic rings. The number of amides is 1. The minimum Gasteiger partial charge on any atom is -0.351 e. The van der Waals surface area contributed by atoms with Gasteiger partial charge in [-0.1, -0.05) is 22.9 Å². The first-order valence-electron chi connectivity index (χ1n) is 5.69. The number of halogens is 1. The summed E-state index contributed by atoms with van der Waals surface area (Å²) in [4.78, 5) is 11.8. The Labute approximate surface area is 105 Å². The second-order valence-electron chi connectivity index (χ2n) is 4.54. The van der Waals surface area contributed by atoms with E-state index in [-0.39, 0.29) is 5.91 Å². The molecule has 1 saturated carbocycles. The molecule has 0 radical (unpaired) electrons. The van der Waals surface area contributed by atoms with Crippen LogP contribution in [0.5, 0.6) is 0 Å². The molecule has 0 atom stereocenters. The molecule has 0 bridgehead atoms. The third-order valence-electron chi connectivity index (χ3n) is 3.44. The van der Waals surface area contributed by atoms with Crippen LogP contribution in [-0.2, 0) is 0 Å². The van der Waals surface area contributed by atoms with Crippen LogP contribution in [0, 0.1) is 5.41 Å². The summed E-state index contributed by atoms with van der Waals surface area (Å²) in [5.41, 5.74) is 1.14. The van der Waals surface area contributed by atoms with Crippen molar-refractivity contribution in [3.05, 3.63) is 34.3 Å². The SMILES string of the molecule is CCC1(CNC(=O)c2ccc(Br)cc2)CC1. The Bertz CT molecular complexity index is 381. The van der Waals surface area contributed by atoms with Gasteiger partial charge in [-0.25, -0.2) is 0 Å². The Morgan fingerprint density at radius 2 is 2.00 bits per heavy atom. The topological polar surface area (TPSA) is 29.1 Å². The first kappa shape index (κ1) is 11.6. The van der Waals surface area contributed by atoms with Gasteiger partial charge in [0, 0.05) is 16.6 Å². The predicted octanol–water partition coefficient (Wildman–Crippen LogP) is 3.37. The standard InChI is InChI=1S/C13H16BrNO/c1-2-13(7-8-13)9-15-12(16)10-3-5-11(14)6-4-10/h3-6H,2,7-9H2,1H3,(H,15,16). The quantitative estimate of drug-likeness (QED) is 0.901. The van der Waals surface area contributed by atoms with Crippen molar-refractivity contribution in [1.29, 1.82) is 0 Å². The van der Waals surface area contributed by atoms with E-state index < -0.39 is 0 Å². The highest BCUT2D eigenvalue weighted by Gasteiger charge is 2.40. The van der Waals surface area contributed by atoms with Crippen molar-refractivity contribution in [2.24, 2.45) is 5.41 Å². The van der Waals surface area contributed by atoms with E-state index in [2.05, 4.69) is 28.2 Å². The van der Waals surface area contributed by atoms with Crippen LogP contribution >= 0.6 is 15.9 Å². The number of rotatable bonds is 4. The summed E-state index contributed by atoms with van der Waals surface area (Å²) in [6.45, 7) is 3.01. The number of hydrogen-bond donors (Lipinski definition) is 1. The minimum atomic E-state index is 0.0345. The Hall–Kier alpha value is -0.830. The number of benzene rings is 1. The van der Waals surface area contributed by atoms with E-state index in [1.807, 2.05) is 24.3 Å². The van der Waals surface area contributed by atoms with Crippen LogP contribution in [0.2, 0.25) is 0 Å². The molecule has 0 heterocycles. The zero-order valence-corrected chi connectivity index (χ0v) is 11.0. The molecule has 1 aromatic rings.